The third-order valence-corrected chi connectivity index (χ3v) is 4.78. The number of aryl methyl sites for hydroxylation is 1. The van der Waals surface area contributed by atoms with Crippen molar-refractivity contribution >= 4 is 5.91 Å². The molecule has 6 nitrogen and oxygen atoms in total. The predicted molar refractivity (Wildman–Crippen MR) is 117 cm³/mol. The molecule has 1 N–H and O–H groups in total. The number of benzene rings is 2. The smallest absolute Gasteiger partial charge is 0.266 e. The fourth-order valence-corrected chi connectivity index (χ4v) is 3.18. The van der Waals surface area contributed by atoms with Crippen molar-refractivity contribution < 1.29 is 9.53 Å². The van der Waals surface area contributed by atoms with Crippen LogP contribution in [0.1, 0.15) is 38.3 Å². The molecule has 0 aliphatic carbocycles. The van der Waals surface area contributed by atoms with Gasteiger partial charge in [0.2, 0.25) is 5.91 Å². The molecular formula is C24H27N3O3. The van der Waals surface area contributed by atoms with Gasteiger partial charge in [0.25, 0.3) is 5.56 Å². The van der Waals surface area contributed by atoms with Gasteiger partial charge in [-0.2, -0.15) is 5.10 Å². The summed E-state index contributed by atoms with van der Waals surface area (Å²) >= 11 is 0. The van der Waals surface area contributed by atoms with Crippen molar-refractivity contribution in [3.63, 3.8) is 0 Å². The molecule has 1 amide bonds. The van der Waals surface area contributed by atoms with Crippen LogP contribution in [0.4, 0.5) is 0 Å². The molecule has 6 heteroatoms. The van der Waals surface area contributed by atoms with E-state index in [1.54, 1.807) is 6.07 Å². The topological polar surface area (TPSA) is 73.2 Å². The molecule has 1 heterocycles. The largest absolute Gasteiger partial charge is 0.494 e. The number of carbonyl (C=O) groups is 1. The summed E-state index contributed by atoms with van der Waals surface area (Å²) in [7, 11) is 0. The number of aromatic nitrogens is 2. The highest BCUT2D eigenvalue weighted by molar-refractivity contribution is 5.76. The van der Waals surface area contributed by atoms with Gasteiger partial charge in [0.15, 0.2) is 0 Å². The summed E-state index contributed by atoms with van der Waals surface area (Å²) < 4.78 is 6.87. The summed E-state index contributed by atoms with van der Waals surface area (Å²) in [6.07, 6.45) is 0.867. The fraction of sp³-hybridized carbons (Fsp3) is 0.292. The molecule has 0 aliphatic rings. The molecule has 0 saturated heterocycles. The van der Waals surface area contributed by atoms with Gasteiger partial charge in [0.1, 0.15) is 5.75 Å². The average molecular weight is 405 g/mol. The van der Waals surface area contributed by atoms with E-state index in [1.165, 1.54) is 10.7 Å². The van der Waals surface area contributed by atoms with Crippen molar-refractivity contribution in [3.8, 4) is 17.0 Å². The number of amides is 1. The molecule has 156 valence electrons. The van der Waals surface area contributed by atoms with Crippen LogP contribution in [0, 0.1) is 0 Å². The second kappa shape index (κ2) is 10.4. The summed E-state index contributed by atoms with van der Waals surface area (Å²) in [5.74, 6) is 0.757. The van der Waals surface area contributed by atoms with Crippen LogP contribution in [0.15, 0.2) is 71.5 Å². The van der Waals surface area contributed by atoms with Crippen molar-refractivity contribution in [2.24, 2.45) is 0 Å². The first-order chi connectivity index (χ1) is 14.6. The number of carbonyl (C=O) groups excluding carboxylic acids is 1. The molecule has 0 fully saturated rings. The Morgan fingerprint density at radius 2 is 1.80 bits per heavy atom. The Hall–Kier alpha value is -3.41. The lowest BCUT2D eigenvalue weighted by Gasteiger charge is -2.14. The normalized spacial score (nSPS) is 11.7. The Labute approximate surface area is 176 Å². The summed E-state index contributed by atoms with van der Waals surface area (Å²) in [4.78, 5) is 24.4. The lowest BCUT2D eigenvalue weighted by molar-refractivity contribution is -0.121. The van der Waals surface area contributed by atoms with Gasteiger partial charge in [-0.05, 0) is 56.2 Å². The first-order valence-electron chi connectivity index (χ1n) is 10.2. The van der Waals surface area contributed by atoms with Crippen molar-refractivity contribution in [3.05, 3.63) is 82.6 Å². The Morgan fingerprint density at radius 1 is 1.07 bits per heavy atom. The monoisotopic (exact) mass is 405 g/mol. The van der Waals surface area contributed by atoms with E-state index in [9.17, 15) is 9.59 Å². The molecule has 30 heavy (non-hydrogen) atoms. The first-order valence-corrected chi connectivity index (χ1v) is 10.2. The van der Waals surface area contributed by atoms with Gasteiger partial charge in [0.05, 0.1) is 18.3 Å². The maximum atomic E-state index is 12.2. The maximum Gasteiger partial charge on any atom is 0.266 e. The lowest BCUT2D eigenvalue weighted by Crippen LogP contribution is -2.27. The Balaban J connectivity index is 1.57. The van der Waals surface area contributed by atoms with Crippen LogP contribution >= 0.6 is 0 Å². The Bertz CT molecular complexity index is 1010. The van der Waals surface area contributed by atoms with Gasteiger partial charge < -0.3 is 10.1 Å². The van der Waals surface area contributed by atoms with Crippen molar-refractivity contribution in [2.75, 3.05) is 6.61 Å². The van der Waals surface area contributed by atoms with E-state index in [-0.39, 0.29) is 17.5 Å². The molecule has 3 rings (SSSR count). The maximum absolute atomic E-state index is 12.2. The fourth-order valence-electron chi connectivity index (χ4n) is 3.18. The zero-order valence-corrected chi connectivity index (χ0v) is 17.4. The molecule has 0 saturated carbocycles. The molecule has 1 atom stereocenters. The molecule has 1 unspecified atom stereocenters. The molecular weight excluding hydrogens is 378 g/mol. The minimum Gasteiger partial charge on any atom is -0.494 e. The highest BCUT2D eigenvalue weighted by Crippen LogP contribution is 2.20. The zero-order chi connectivity index (χ0) is 21.3. The van der Waals surface area contributed by atoms with Crippen molar-refractivity contribution in [1.82, 2.24) is 15.1 Å². The van der Waals surface area contributed by atoms with E-state index in [1.807, 2.05) is 68.4 Å². The van der Waals surface area contributed by atoms with E-state index in [4.69, 9.17) is 4.74 Å². The minimum atomic E-state index is -0.178. The molecule has 0 bridgehead atoms. The lowest BCUT2D eigenvalue weighted by atomic mass is 10.1. The third-order valence-electron chi connectivity index (χ3n) is 4.78. The summed E-state index contributed by atoms with van der Waals surface area (Å²) in [6, 6.07) is 20.6. The summed E-state index contributed by atoms with van der Waals surface area (Å²) in [6.45, 7) is 4.89. The van der Waals surface area contributed by atoms with E-state index in [0.717, 1.165) is 16.9 Å². The molecule has 0 radical (unpaired) electrons. The molecule has 2 aromatic carbocycles. The number of rotatable bonds is 9. The molecule has 0 spiro atoms. The zero-order valence-electron chi connectivity index (χ0n) is 17.4. The number of hydrogen-bond donors (Lipinski definition) is 1. The van der Waals surface area contributed by atoms with Crippen LogP contribution in [0.2, 0.25) is 0 Å². The van der Waals surface area contributed by atoms with Crippen LogP contribution in [0.3, 0.4) is 0 Å². The standard InChI is InChI=1S/C24H27N3O3/c1-3-30-21-13-11-20(12-14-21)22-15-16-24(29)27(26-22)17-7-10-23(28)25-18(2)19-8-5-4-6-9-19/h4-6,8-9,11-16,18H,3,7,10,17H2,1-2H3,(H,25,28). The second-order valence-corrected chi connectivity index (χ2v) is 7.04. The quantitative estimate of drug-likeness (QED) is 0.585. The first kappa shape index (κ1) is 21.3. The van der Waals surface area contributed by atoms with Gasteiger partial charge >= 0.3 is 0 Å². The van der Waals surface area contributed by atoms with Gasteiger partial charge in [-0.3, -0.25) is 9.59 Å². The van der Waals surface area contributed by atoms with Gasteiger partial charge in [-0.25, -0.2) is 4.68 Å². The predicted octanol–water partition coefficient (Wildman–Crippen LogP) is 3.97. The third kappa shape index (κ3) is 5.80. The highest BCUT2D eigenvalue weighted by Gasteiger charge is 2.10. The van der Waals surface area contributed by atoms with E-state index < -0.39 is 0 Å². The molecule has 3 aromatic rings. The molecule has 1 aromatic heterocycles. The molecule has 0 aliphatic heterocycles. The number of nitrogens with zero attached hydrogens (tertiary/aromatic N) is 2. The SMILES string of the molecule is CCOc1ccc(-c2ccc(=O)n(CCCC(=O)NC(C)c3ccccc3)n2)cc1. The van der Waals surface area contributed by atoms with Crippen LogP contribution in [-0.4, -0.2) is 22.3 Å². The van der Waals surface area contributed by atoms with Crippen LogP contribution < -0.4 is 15.6 Å². The van der Waals surface area contributed by atoms with Gasteiger partial charge in [0, 0.05) is 24.6 Å². The van der Waals surface area contributed by atoms with Gasteiger partial charge in [-0.15, -0.1) is 0 Å². The van der Waals surface area contributed by atoms with Crippen LogP contribution in [0.25, 0.3) is 11.3 Å². The number of nitrogens with one attached hydrogen (secondary N) is 1. The van der Waals surface area contributed by atoms with Crippen LogP contribution in [-0.2, 0) is 11.3 Å². The van der Waals surface area contributed by atoms with E-state index in [2.05, 4.69) is 10.4 Å². The van der Waals surface area contributed by atoms with Gasteiger partial charge in [-0.1, -0.05) is 30.3 Å². The second-order valence-electron chi connectivity index (χ2n) is 7.04. The number of hydrogen-bond acceptors (Lipinski definition) is 4. The summed E-state index contributed by atoms with van der Waals surface area (Å²) in [5.41, 5.74) is 2.50. The Kier molecular flexibility index (Phi) is 7.38. The summed E-state index contributed by atoms with van der Waals surface area (Å²) in [5, 5.41) is 7.45. The van der Waals surface area contributed by atoms with Crippen LogP contribution in [0.5, 0.6) is 5.75 Å². The number of ether oxygens (including phenoxy) is 1. The van der Waals surface area contributed by atoms with E-state index >= 15 is 0 Å². The van der Waals surface area contributed by atoms with Crippen molar-refractivity contribution in [2.45, 2.75) is 39.3 Å². The van der Waals surface area contributed by atoms with E-state index in [0.29, 0.717) is 31.7 Å². The Morgan fingerprint density at radius 3 is 2.50 bits per heavy atom. The average Bonchev–Trinajstić information content (AvgIpc) is 2.76. The highest BCUT2D eigenvalue weighted by atomic mass is 16.5. The minimum absolute atomic E-state index is 0.0398. The van der Waals surface area contributed by atoms with Crippen molar-refractivity contribution in [1.29, 1.82) is 0 Å².